The SMILES string of the molecule is CC(C)C[C@@H](NC(=O)OC(C)(C)C)C(=O)N[C@H]1C(=O)N[C@@H](CC(N)=O)C(=O)N[C@H]2C(=O)N[C@H]3C(=O)N[C@H](C(=O)N[C@H](C(=O)NC4C5CC6CC(C5)CC4C6)c4cc(O)cc(O)c4-c4cc3ccc4O)[C@H](O)c3ccc(c(Cl)c3)Oc3cc2cc(c3OC2OC(CO)C(O)C(O)C2OC2CC(C)(NC(=O)OC(C)(C)C)C(O)C(C)O2)Oc2ccc(cc2Cl)[C@H]1O. The maximum absolute atomic E-state index is 16.5. The third-order valence-corrected chi connectivity index (χ3v) is 24.0. The standard InChI is InChI=1S/C85H104Cl2N10O27/c1-33(2)17-48(90-81(115)123-83(4,5)6)73(108)95-64-66(103)38-12-15-52(46(86)24-38)118-54-26-42-27-55(70(54)122-80-71(69(106)68(105)56(32-98)120-80)121-58-31-85(10,72(107)34(3)117-58)97-82(116)124-84(7,8)9)119-53-16-13-39(25-47(53)87)67(104)65-79(114)94-63(77(112)91-60-40-19-35-18-36(21-40)22-41(60)20-35)45-28-43(99)29-51(101)59(45)44-23-37(11-14-50(44)100)61(75(110)96-65)93-76(111)62(42)92-74(109)49(30-57(88)102)89-78(64)113/h11-16,23-29,33-36,40-41,48-49,56,58,60-69,71-72,80,98-101,103-107H,17-22,30-32H2,1-10H3,(H2,88,102)(H,89,113)(H,90,115)(H,91,112)(H,92,109)(H,93,111)(H,94,114)(H,95,108)(H,96,110)(H,97,116)/t34?,35?,36?,40?,41?,48-,49+,56?,58?,60?,61-,62-,63+,64-,65+,66-,67-,68?,69?,71?,72?,80?,85?/m1/s1. The van der Waals surface area contributed by atoms with E-state index in [1.54, 1.807) is 55.4 Å². The van der Waals surface area contributed by atoms with E-state index in [9.17, 15) is 65.1 Å². The summed E-state index contributed by atoms with van der Waals surface area (Å²) in [6.07, 6.45) is -18.0. The van der Waals surface area contributed by atoms with Gasteiger partial charge in [-0.1, -0.05) is 55.2 Å². The lowest BCUT2D eigenvalue weighted by Gasteiger charge is -2.54. The molecule has 0 spiro atoms. The van der Waals surface area contributed by atoms with Crippen LogP contribution in [0, 0.1) is 29.6 Å². The van der Waals surface area contributed by atoms with Crippen LogP contribution in [0.3, 0.4) is 0 Å². The summed E-state index contributed by atoms with van der Waals surface area (Å²) in [5.41, 5.74) is -0.268. The number of carbonyl (C=O) groups excluding carboxylic acids is 10. The van der Waals surface area contributed by atoms with Crippen LogP contribution < -0.4 is 67.8 Å². The average Bonchev–Trinajstić information content (AvgIpc) is 0.767. The van der Waals surface area contributed by atoms with E-state index in [0.29, 0.717) is 11.8 Å². The number of alkyl carbamates (subject to hydrolysis) is 2. The van der Waals surface area contributed by atoms with Gasteiger partial charge in [0.1, 0.15) is 119 Å². The van der Waals surface area contributed by atoms with Crippen molar-refractivity contribution in [1.29, 1.82) is 0 Å². The van der Waals surface area contributed by atoms with Crippen molar-refractivity contribution >= 4 is 82.6 Å². The molecule has 16 rings (SSSR count). The van der Waals surface area contributed by atoms with Crippen molar-refractivity contribution in [2.45, 2.75) is 247 Å². The van der Waals surface area contributed by atoms with Gasteiger partial charge in [-0.2, -0.15) is 0 Å². The number of benzene rings is 5. The monoisotopic (exact) mass is 1770 g/mol. The first-order valence-electron chi connectivity index (χ1n) is 40.9. The van der Waals surface area contributed by atoms with Crippen LogP contribution in [0.2, 0.25) is 10.0 Å². The van der Waals surface area contributed by atoms with Gasteiger partial charge in [0.05, 0.1) is 34.7 Å². The summed E-state index contributed by atoms with van der Waals surface area (Å²) in [4.78, 5) is 150. The summed E-state index contributed by atoms with van der Waals surface area (Å²) in [5.74, 6) is -14.5. The zero-order chi connectivity index (χ0) is 89.9. The fraction of sp³-hybridized carbons (Fsp3) is 0.529. The Morgan fingerprint density at radius 1 is 0.637 bits per heavy atom. The fourth-order valence-corrected chi connectivity index (χ4v) is 18.3. The van der Waals surface area contributed by atoms with Gasteiger partial charge in [0, 0.05) is 29.7 Å². The number of aliphatic hydroxyl groups excluding tert-OH is 6. The normalized spacial score (nSPS) is 30.7. The molecule has 0 radical (unpaired) electrons. The van der Waals surface area contributed by atoms with Gasteiger partial charge in [0.15, 0.2) is 23.9 Å². The van der Waals surface area contributed by atoms with E-state index < -0.39 is 267 Å². The average molecular weight is 1770 g/mol. The highest BCUT2D eigenvalue weighted by atomic mass is 35.5. The van der Waals surface area contributed by atoms with Crippen LogP contribution in [0.4, 0.5) is 9.59 Å². The smallest absolute Gasteiger partial charge is 0.408 e. The number of phenolic OH excluding ortho intramolecular Hbond substituents is 3. The molecule has 124 heavy (non-hydrogen) atoms. The maximum Gasteiger partial charge on any atom is 0.408 e. The summed E-state index contributed by atoms with van der Waals surface area (Å²) < 4.78 is 50.2. The maximum atomic E-state index is 16.5. The number of phenols is 3. The van der Waals surface area contributed by atoms with E-state index in [2.05, 4.69) is 47.9 Å². The van der Waals surface area contributed by atoms with Crippen molar-refractivity contribution < 1.29 is 132 Å². The molecule has 7 aliphatic heterocycles. The minimum atomic E-state index is -2.41. The van der Waals surface area contributed by atoms with Crippen molar-refractivity contribution in [2.24, 2.45) is 35.3 Å². The number of hydrogen-bond donors (Lipinski definition) is 19. The first-order chi connectivity index (χ1) is 58.3. The number of hydrogen-bond acceptors (Lipinski definition) is 27. The van der Waals surface area contributed by atoms with Gasteiger partial charge < -0.3 is 137 Å². The molecule has 20 N–H and O–H groups in total. The van der Waals surface area contributed by atoms with Gasteiger partial charge >= 0.3 is 12.2 Å². The Kier molecular flexibility index (Phi) is 26.6. The number of halogens is 2. The predicted octanol–water partition coefficient (Wildman–Crippen LogP) is 4.83. The highest BCUT2D eigenvalue weighted by Crippen LogP contribution is 2.55. The molecule has 15 bridgehead atoms. The summed E-state index contributed by atoms with van der Waals surface area (Å²) in [5, 5.41) is 130. The Bertz CT molecular complexity index is 4960. The number of ether oxygens (including phenoxy) is 8. The summed E-state index contributed by atoms with van der Waals surface area (Å²) in [6, 6.07) is -0.992. The fourth-order valence-electron chi connectivity index (χ4n) is 17.9. The molecule has 39 heteroatoms. The number of nitrogens with two attached hydrogens (primary N) is 1. The van der Waals surface area contributed by atoms with Crippen LogP contribution in [-0.4, -0.2) is 208 Å². The van der Waals surface area contributed by atoms with Gasteiger partial charge in [-0.3, -0.25) is 38.4 Å². The third kappa shape index (κ3) is 20.0. The quantitative estimate of drug-likeness (QED) is 0.0667. The lowest BCUT2D eigenvalue weighted by molar-refractivity contribution is -0.334. The lowest BCUT2D eigenvalue weighted by atomic mass is 9.54. The van der Waals surface area contributed by atoms with Crippen LogP contribution in [-0.2, 0) is 62.0 Å². The Balaban J connectivity index is 1.00. The second kappa shape index (κ2) is 36.2. The number of aliphatic hydroxyl groups is 6. The van der Waals surface area contributed by atoms with Crippen molar-refractivity contribution in [2.75, 3.05) is 6.61 Å². The predicted molar refractivity (Wildman–Crippen MR) is 436 cm³/mol. The number of fused-ring (bicyclic) bond motifs is 15. The topological polar surface area (TPSA) is 561 Å². The number of amides is 10. The molecule has 4 aliphatic carbocycles. The highest BCUT2D eigenvalue weighted by molar-refractivity contribution is 6.32. The molecule has 11 aliphatic rings. The molecule has 37 nitrogen and oxygen atoms in total. The zero-order valence-corrected chi connectivity index (χ0v) is 70.9. The minimum Gasteiger partial charge on any atom is -0.508 e. The van der Waals surface area contributed by atoms with Gasteiger partial charge in [0.25, 0.3) is 0 Å². The summed E-state index contributed by atoms with van der Waals surface area (Å²) >= 11 is 14.5. The first kappa shape index (κ1) is 91.1. The van der Waals surface area contributed by atoms with Crippen molar-refractivity contribution in [3.63, 3.8) is 0 Å². The van der Waals surface area contributed by atoms with Crippen LogP contribution in [0.5, 0.6) is 46.0 Å². The summed E-state index contributed by atoms with van der Waals surface area (Å²) in [7, 11) is 0. The van der Waals surface area contributed by atoms with Gasteiger partial charge in [-0.05, 0) is 206 Å². The van der Waals surface area contributed by atoms with Crippen LogP contribution in [0.15, 0.2) is 78.9 Å². The second-order valence-electron chi connectivity index (χ2n) is 35.7. The molecule has 2 saturated heterocycles. The zero-order valence-electron chi connectivity index (χ0n) is 69.4. The van der Waals surface area contributed by atoms with E-state index in [-0.39, 0.29) is 57.6 Å². The molecule has 5 aromatic carbocycles. The minimum absolute atomic E-state index is 0.0491. The van der Waals surface area contributed by atoms with Crippen molar-refractivity contribution in [3.8, 4) is 57.1 Å². The molecule has 0 aromatic heterocycles. The van der Waals surface area contributed by atoms with Gasteiger partial charge in [-0.25, -0.2) is 9.59 Å². The van der Waals surface area contributed by atoms with Crippen LogP contribution in [0.25, 0.3) is 11.1 Å². The largest absolute Gasteiger partial charge is 0.508 e. The van der Waals surface area contributed by atoms with Crippen LogP contribution in [0.1, 0.15) is 179 Å². The molecule has 6 fully saturated rings. The molecule has 7 heterocycles. The molecule has 4 saturated carbocycles. The first-order valence-corrected chi connectivity index (χ1v) is 41.6. The molecular formula is C85H104Cl2N10O27. The van der Waals surface area contributed by atoms with Crippen molar-refractivity contribution in [3.05, 3.63) is 117 Å². The highest BCUT2D eigenvalue weighted by Gasteiger charge is 2.54. The number of primary amides is 1. The number of carbonyl (C=O) groups is 10. The Hall–Kier alpha value is -10.6. The Morgan fingerprint density at radius 3 is 1.81 bits per heavy atom. The second-order valence-corrected chi connectivity index (χ2v) is 36.6. The number of nitrogens with one attached hydrogen (secondary N) is 9. The van der Waals surface area contributed by atoms with E-state index in [1.165, 1.54) is 26.0 Å². The van der Waals surface area contributed by atoms with Gasteiger partial charge in [0.2, 0.25) is 59.3 Å². The van der Waals surface area contributed by atoms with Crippen LogP contribution >= 0.6 is 23.2 Å². The molecule has 9 unspecified atom stereocenters. The third-order valence-electron chi connectivity index (χ3n) is 23.4. The number of rotatable bonds is 15. The van der Waals surface area contributed by atoms with E-state index in [0.717, 1.165) is 98.8 Å². The molecule has 18 atom stereocenters. The summed E-state index contributed by atoms with van der Waals surface area (Å²) in [6.45, 7) is 14.8. The molecule has 670 valence electrons. The Morgan fingerprint density at radius 2 is 1.22 bits per heavy atom. The molecule has 5 aromatic rings. The molecule has 10 amide bonds. The van der Waals surface area contributed by atoms with E-state index in [4.69, 9.17) is 66.8 Å². The van der Waals surface area contributed by atoms with E-state index in [1.807, 2.05) is 0 Å². The number of aromatic hydroxyl groups is 3. The molecular weight excluding hydrogens is 1660 g/mol. The van der Waals surface area contributed by atoms with E-state index >= 15 is 28.8 Å². The lowest BCUT2D eigenvalue weighted by Crippen LogP contribution is -2.66. The van der Waals surface area contributed by atoms with Gasteiger partial charge in [-0.15, -0.1) is 0 Å². The Labute approximate surface area is 721 Å². The van der Waals surface area contributed by atoms with Crippen molar-refractivity contribution in [1.82, 2.24) is 47.9 Å².